The second-order valence-corrected chi connectivity index (χ2v) is 10.3. The highest BCUT2D eigenvalue weighted by atomic mass is 32.2. The molecule has 0 saturated heterocycles. The number of hydrogen-bond donors (Lipinski definition) is 2. The number of amides is 1. The van der Waals surface area contributed by atoms with Gasteiger partial charge in [0.15, 0.2) is 0 Å². The van der Waals surface area contributed by atoms with E-state index in [0.29, 0.717) is 31.4 Å². The van der Waals surface area contributed by atoms with Gasteiger partial charge in [-0.25, -0.2) is 17.5 Å². The van der Waals surface area contributed by atoms with Crippen LogP contribution in [0.15, 0.2) is 72.0 Å². The van der Waals surface area contributed by atoms with E-state index in [1.165, 1.54) is 12.1 Å². The fraction of sp³-hybridized carbons (Fsp3) is 0.320. The Labute approximate surface area is 198 Å². The first kappa shape index (κ1) is 24.0. The number of nitrogens with zero attached hydrogens (tertiary/aromatic N) is 2. The Morgan fingerprint density at radius 1 is 1.00 bits per heavy atom. The Bertz CT molecular complexity index is 1210. The average molecular weight is 483 g/mol. The SMILES string of the molecule is C[C@@H](NC(=O)[C@H]1CC[C@H](NS(=O)(=O)c2ccc(-c3cnccn3)cc2)CC1)c1ccc(F)cc1. The maximum atomic E-state index is 13.1. The number of benzene rings is 2. The van der Waals surface area contributed by atoms with Crippen molar-refractivity contribution in [3.05, 3.63) is 78.5 Å². The maximum absolute atomic E-state index is 13.1. The molecule has 34 heavy (non-hydrogen) atoms. The summed E-state index contributed by atoms with van der Waals surface area (Å²) < 4.78 is 41.6. The van der Waals surface area contributed by atoms with Gasteiger partial charge in [0.1, 0.15) is 5.82 Å². The highest BCUT2D eigenvalue weighted by Crippen LogP contribution is 2.27. The van der Waals surface area contributed by atoms with E-state index in [2.05, 4.69) is 20.0 Å². The van der Waals surface area contributed by atoms with Gasteiger partial charge in [-0.1, -0.05) is 24.3 Å². The van der Waals surface area contributed by atoms with Gasteiger partial charge in [0.05, 0.1) is 22.8 Å². The minimum Gasteiger partial charge on any atom is -0.349 e. The fourth-order valence-electron chi connectivity index (χ4n) is 4.18. The number of carbonyl (C=O) groups is 1. The number of rotatable bonds is 7. The van der Waals surface area contributed by atoms with Crippen LogP contribution in [-0.4, -0.2) is 30.3 Å². The Hall–Kier alpha value is -3.17. The minimum absolute atomic E-state index is 0.0577. The van der Waals surface area contributed by atoms with Gasteiger partial charge in [-0.3, -0.25) is 14.8 Å². The van der Waals surface area contributed by atoms with Crippen LogP contribution in [0.4, 0.5) is 4.39 Å². The van der Waals surface area contributed by atoms with Gasteiger partial charge in [-0.15, -0.1) is 0 Å². The molecule has 1 amide bonds. The number of carbonyl (C=O) groups excluding carboxylic acids is 1. The van der Waals surface area contributed by atoms with Crippen molar-refractivity contribution in [1.82, 2.24) is 20.0 Å². The largest absolute Gasteiger partial charge is 0.349 e. The van der Waals surface area contributed by atoms with E-state index in [4.69, 9.17) is 0 Å². The van der Waals surface area contributed by atoms with Gasteiger partial charge in [-0.2, -0.15) is 0 Å². The smallest absolute Gasteiger partial charge is 0.240 e. The van der Waals surface area contributed by atoms with Crippen LogP contribution in [0.5, 0.6) is 0 Å². The van der Waals surface area contributed by atoms with Crippen molar-refractivity contribution in [3.8, 4) is 11.3 Å². The Morgan fingerprint density at radius 2 is 1.68 bits per heavy atom. The summed E-state index contributed by atoms with van der Waals surface area (Å²) in [5.74, 6) is -0.544. The van der Waals surface area contributed by atoms with Gasteiger partial charge in [0.25, 0.3) is 0 Å². The first-order valence-electron chi connectivity index (χ1n) is 11.3. The lowest BCUT2D eigenvalue weighted by atomic mass is 9.85. The fourth-order valence-corrected chi connectivity index (χ4v) is 5.48. The molecule has 178 valence electrons. The van der Waals surface area contributed by atoms with Gasteiger partial charge >= 0.3 is 0 Å². The molecular weight excluding hydrogens is 455 g/mol. The summed E-state index contributed by atoms with van der Waals surface area (Å²) in [6.07, 6.45) is 7.15. The molecule has 1 atom stereocenters. The van der Waals surface area contributed by atoms with Crippen molar-refractivity contribution < 1.29 is 17.6 Å². The van der Waals surface area contributed by atoms with Crippen molar-refractivity contribution in [1.29, 1.82) is 0 Å². The van der Waals surface area contributed by atoms with E-state index in [0.717, 1.165) is 11.1 Å². The first-order valence-corrected chi connectivity index (χ1v) is 12.7. The van der Waals surface area contributed by atoms with Crippen molar-refractivity contribution >= 4 is 15.9 Å². The van der Waals surface area contributed by atoms with Gasteiger partial charge in [0.2, 0.25) is 15.9 Å². The highest BCUT2D eigenvalue weighted by Gasteiger charge is 2.29. The summed E-state index contributed by atoms with van der Waals surface area (Å²) in [4.78, 5) is 21.1. The molecule has 9 heteroatoms. The van der Waals surface area contributed by atoms with Crippen molar-refractivity contribution in [2.45, 2.75) is 49.6 Å². The maximum Gasteiger partial charge on any atom is 0.240 e. The van der Waals surface area contributed by atoms with Crippen LogP contribution in [0, 0.1) is 11.7 Å². The van der Waals surface area contributed by atoms with E-state index < -0.39 is 10.0 Å². The van der Waals surface area contributed by atoms with E-state index >= 15 is 0 Å². The molecule has 1 saturated carbocycles. The van der Waals surface area contributed by atoms with E-state index in [1.54, 1.807) is 55.0 Å². The Kier molecular flexibility index (Phi) is 7.33. The molecule has 1 heterocycles. The second kappa shape index (κ2) is 10.4. The first-order chi connectivity index (χ1) is 16.3. The van der Waals surface area contributed by atoms with Crippen LogP contribution >= 0.6 is 0 Å². The predicted octanol–water partition coefficient (Wildman–Crippen LogP) is 4.00. The predicted molar refractivity (Wildman–Crippen MR) is 126 cm³/mol. The van der Waals surface area contributed by atoms with Crippen LogP contribution in [0.3, 0.4) is 0 Å². The Balaban J connectivity index is 1.30. The zero-order chi connectivity index (χ0) is 24.1. The van der Waals surface area contributed by atoms with Crippen LogP contribution in [0.2, 0.25) is 0 Å². The summed E-state index contributed by atoms with van der Waals surface area (Å²) in [6, 6.07) is 12.2. The summed E-state index contributed by atoms with van der Waals surface area (Å²) >= 11 is 0. The third-order valence-corrected chi connectivity index (χ3v) is 7.71. The number of halogens is 1. The number of aromatic nitrogens is 2. The molecule has 1 fully saturated rings. The monoisotopic (exact) mass is 482 g/mol. The van der Waals surface area contributed by atoms with Crippen molar-refractivity contribution in [2.24, 2.45) is 5.92 Å². The molecule has 1 aliphatic rings. The summed E-state index contributed by atoms with van der Waals surface area (Å²) in [5.41, 5.74) is 2.29. The molecule has 2 N–H and O–H groups in total. The third kappa shape index (κ3) is 5.84. The lowest BCUT2D eigenvalue weighted by Crippen LogP contribution is -2.41. The lowest BCUT2D eigenvalue weighted by Gasteiger charge is -2.29. The second-order valence-electron chi connectivity index (χ2n) is 8.57. The van der Waals surface area contributed by atoms with Crippen LogP contribution in [0.25, 0.3) is 11.3 Å². The molecule has 7 nitrogen and oxygen atoms in total. The molecule has 0 spiro atoms. The van der Waals surface area contributed by atoms with Gasteiger partial charge in [0, 0.05) is 29.9 Å². The highest BCUT2D eigenvalue weighted by molar-refractivity contribution is 7.89. The van der Waals surface area contributed by atoms with Crippen molar-refractivity contribution in [3.63, 3.8) is 0 Å². The Morgan fingerprint density at radius 3 is 2.29 bits per heavy atom. The van der Waals surface area contributed by atoms with E-state index in [9.17, 15) is 17.6 Å². The van der Waals surface area contributed by atoms with E-state index in [-0.39, 0.29) is 34.6 Å². The van der Waals surface area contributed by atoms with Crippen molar-refractivity contribution in [2.75, 3.05) is 0 Å². The topological polar surface area (TPSA) is 101 Å². The zero-order valence-corrected chi connectivity index (χ0v) is 19.6. The summed E-state index contributed by atoms with van der Waals surface area (Å²) in [6.45, 7) is 1.86. The third-order valence-electron chi connectivity index (χ3n) is 6.17. The number of hydrogen-bond acceptors (Lipinski definition) is 5. The lowest BCUT2D eigenvalue weighted by molar-refractivity contribution is -0.126. The standard InChI is InChI=1S/C25H27FN4O3S/c1-17(18-2-8-21(26)9-3-18)29-25(31)20-4-10-22(11-5-20)30-34(32,33)23-12-6-19(7-13-23)24-16-27-14-15-28-24/h2-3,6-9,12-17,20,22,30H,4-5,10-11H2,1H3,(H,29,31)/t17-,20-,22-/m1/s1. The molecule has 3 aromatic rings. The van der Waals surface area contributed by atoms with E-state index in [1.807, 2.05) is 6.92 Å². The molecular formula is C25H27FN4O3S. The summed E-state index contributed by atoms with van der Waals surface area (Å²) in [7, 11) is -3.67. The molecule has 0 bridgehead atoms. The number of sulfonamides is 1. The molecule has 0 radical (unpaired) electrons. The average Bonchev–Trinajstić information content (AvgIpc) is 2.85. The minimum atomic E-state index is -3.67. The van der Waals surface area contributed by atoms with Gasteiger partial charge < -0.3 is 5.32 Å². The van der Waals surface area contributed by atoms with Crippen LogP contribution in [-0.2, 0) is 14.8 Å². The van der Waals surface area contributed by atoms with Crippen LogP contribution < -0.4 is 10.0 Å². The normalized spacial score (nSPS) is 19.4. The molecule has 1 aliphatic carbocycles. The quantitative estimate of drug-likeness (QED) is 0.530. The molecule has 0 aliphatic heterocycles. The molecule has 1 aromatic heterocycles. The van der Waals surface area contributed by atoms with Gasteiger partial charge in [-0.05, 0) is 62.4 Å². The zero-order valence-electron chi connectivity index (χ0n) is 18.8. The number of nitrogens with one attached hydrogen (secondary N) is 2. The molecule has 0 unspecified atom stereocenters. The molecule has 2 aromatic carbocycles. The van der Waals surface area contributed by atoms with Crippen LogP contribution in [0.1, 0.15) is 44.2 Å². The molecule has 4 rings (SSSR count). The summed E-state index contributed by atoms with van der Waals surface area (Å²) in [5, 5.41) is 2.98.